The van der Waals surface area contributed by atoms with Crippen LogP contribution in [0.5, 0.6) is 0 Å². The SMILES string of the molecule is CCCNC(=O)c1ccc2c(c1)N=C(c1cccc(Cl)c1)c1ccccc1S2. The van der Waals surface area contributed by atoms with Crippen LogP contribution in [0.25, 0.3) is 0 Å². The molecule has 140 valence electrons. The summed E-state index contributed by atoms with van der Waals surface area (Å²) >= 11 is 7.90. The second-order valence-electron chi connectivity index (χ2n) is 6.51. The van der Waals surface area contributed by atoms with Crippen LogP contribution in [0.2, 0.25) is 5.02 Å². The van der Waals surface area contributed by atoms with E-state index in [0.717, 1.165) is 38.7 Å². The standard InChI is InChI=1S/C23H19ClN2OS/c1-2-12-25-23(27)16-10-11-21-19(14-16)26-22(15-6-5-7-17(24)13-15)18-8-3-4-9-20(18)28-21/h3-11,13-14H,2,12H2,1H3,(H,25,27). The summed E-state index contributed by atoms with van der Waals surface area (Å²) in [6.45, 7) is 2.69. The molecule has 3 nitrogen and oxygen atoms in total. The Morgan fingerprint density at radius 3 is 2.71 bits per heavy atom. The molecule has 0 saturated carbocycles. The minimum absolute atomic E-state index is 0.0732. The molecule has 0 aromatic heterocycles. The zero-order chi connectivity index (χ0) is 19.5. The first-order chi connectivity index (χ1) is 13.7. The van der Waals surface area contributed by atoms with Crippen LogP contribution in [0.4, 0.5) is 5.69 Å². The molecule has 1 N–H and O–H groups in total. The average molecular weight is 407 g/mol. The number of aliphatic imine (C=N–C) groups is 1. The number of hydrogen-bond donors (Lipinski definition) is 1. The maximum atomic E-state index is 12.4. The molecule has 0 atom stereocenters. The summed E-state index contributed by atoms with van der Waals surface area (Å²) in [7, 11) is 0. The van der Waals surface area contributed by atoms with Crippen molar-refractivity contribution in [3.05, 3.63) is 88.4 Å². The van der Waals surface area contributed by atoms with Gasteiger partial charge in [0.05, 0.1) is 11.4 Å². The van der Waals surface area contributed by atoms with Gasteiger partial charge in [0.2, 0.25) is 0 Å². The summed E-state index contributed by atoms with van der Waals surface area (Å²) in [5.41, 5.74) is 4.28. The molecule has 3 aromatic carbocycles. The molecule has 0 bridgehead atoms. The number of carbonyl (C=O) groups is 1. The summed E-state index contributed by atoms with van der Waals surface area (Å²) < 4.78 is 0. The highest BCUT2D eigenvalue weighted by molar-refractivity contribution is 7.99. The molecular weight excluding hydrogens is 388 g/mol. The maximum Gasteiger partial charge on any atom is 0.251 e. The minimum atomic E-state index is -0.0732. The van der Waals surface area contributed by atoms with Crippen molar-refractivity contribution in [2.45, 2.75) is 23.1 Å². The van der Waals surface area contributed by atoms with E-state index >= 15 is 0 Å². The number of benzene rings is 3. The Hall–Kier alpha value is -2.56. The average Bonchev–Trinajstić information content (AvgIpc) is 2.88. The fraction of sp³-hybridized carbons (Fsp3) is 0.130. The molecule has 4 rings (SSSR count). The summed E-state index contributed by atoms with van der Waals surface area (Å²) in [4.78, 5) is 19.5. The van der Waals surface area contributed by atoms with E-state index in [1.165, 1.54) is 0 Å². The van der Waals surface area contributed by atoms with Crippen molar-refractivity contribution in [2.75, 3.05) is 6.54 Å². The van der Waals surface area contributed by atoms with Crippen molar-refractivity contribution in [3.8, 4) is 0 Å². The number of halogens is 1. The maximum absolute atomic E-state index is 12.4. The summed E-state index contributed by atoms with van der Waals surface area (Å²) in [5.74, 6) is -0.0732. The van der Waals surface area contributed by atoms with Crippen LogP contribution < -0.4 is 5.32 Å². The highest BCUT2D eigenvalue weighted by atomic mass is 35.5. The Labute approximate surface area is 173 Å². The van der Waals surface area contributed by atoms with Gasteiger partial charge in [-0.3, -0.25) is 4.79 Å². The molecule has 5 heteroatoms. The van der Waals surface area contributed by atoms with Crippen molar-refractivity contribution in [1.29, 1.82) is 0 Å². The summed E-state index contributed by atoms with van der Waals surface area (Å²) in [6.07, 6.45) is 0.902. The molecule has 1 aliphatic heterocycles. The van der Waals surface area contributed by atoms with Gasteiger partial charge in [-0.2, -0.15) is 0 Å². The number of hydrogen-bond acceptors (Lipinski definition) is 3. The Morgan fingerprint density at radius 1 is 1.04 bits per heavy atom. The van der Waals surface area contributed by atoms with Crippen LogP contribution in [0.15, 0.2) is 81.5 Å². The van der Waals surface area contributed by atoms with Gasteiger partial charge in [-0.15, -0.1) is 0 Å². The third kappa shape index (κ3) is 3.84. The van der Waals surface area contributed by atoms with E-state index in [0.29, 0.717) is 17.1 Å². The zero-order valence-corrected chi connectivity index (χ0v) is 17.0. The fourth-order valence-corrected chi connectivity index (χ4v) is 4.27. The largest absolute Gasteiger partial charge is 0.352 e. The second kappa shape index (κ2) is 8.21. The van der Waals surface area contributed by atoms with Gasteiger partial charge in [0, 0.05) is 38.0 Å². The molecule has 1 aliphatic rings. The van der Waals surface area contributed by atoms with Gasteiger partial charge in [0.15, 0.2) is 0 Å². The molecule has 28 heavy (non-hydrogen) atoms. The minimum Gasteiger partial charge on any atom is -0.352 e. The van der Waals surface area contributed by atoms with Crippen LogP contribution in [-0.4, -0.2) is 18.2 Å². The first-order valence-electron chi connectivity index (χ1n) is 9.20. The van der Waals surface area contributed by atoms with Crippen molar-refractivity contribution in [2.24, 2.45) is 4.99 Å². The topological polar surface area (TPSA) is 41.5 Å². The van der Waals surface area contributed by atoms with Gasteiger partial charge in [0.25, 0.3) is 5.91 Å². The van der Waals surface area contributed by atoms with E-state index in [4.69, 9.17) is 16.6 Å². The predicted octanol–water partition coefficient (Wildman–Crippen LogP) is 6.11. The molecule has 0 aliphatic carbocycles. The number of nitrogens with one attached hydrogen (secondary N) is 1. The molecule has 3 aromatic rings. The van der Waals surface area contributed by atoms with E-state index in [-0.39, 0.29) is 5.91 Å². The summed E-state index contributed by atoms with van der Waals surface area (Å²) in [6, 6.07) is 21.6. The van der Waals surface area contributed by atoms with E-state index in [9.17, 15) is 4.79 Å². The molecule has 1 heterocycles. The number of fused-ring (bicyclic) bond motifs is 2. The van der Waals surface area contributed by atoms with E-state index in [1.807, 2.05) is 61.5 Å². The lowest BCUT2D eigenvalue weighted by molar-refractivity contribution is 0.0953. The van der Waals surface area contributed by atoms with E-state index in [1.54, 1.807) is 11.8 Å². The van der Waals surface area contributed by atoms with Gasteiger partial charge in [0.1, 0.15) is 0 Å². The van der Waals surface area contributed by atoms with E-state index in [2.05, 4.69) is 17.4 Å². The number of carbonyl (C=O) groups excluding carboxylic acids is 1. The quantitative estimate of drug-likeness (QED) is 0.444. The van der Waals surface area contributed by atoms with Crippen molar-refractivity contribution < 1.29 is 4.79 Å². The molecule has 0 fully saturated rings. The Balaban J connectivity index is 1.85. The first-order valence-corrected chi connectivity index (χ1v) is 10.4. The van der Waals surface area contributed by atoms with Gasteiger partial charge < -0.3 is 5.32 Å². The highest BCUT2D eigenvalue weighted by Gasteiger charge is 2.20. The van der Waals surface area contributed by atoms with Crippen LogP contribution in [-0.2, 0) is 0 Å². The van der Waals surface area contributed by atoms with Gasteiger partial charge in [-0.05, 0) is 42.8 Å². The lowest BCUT2D eigenvalue weighted by atomic mass is 10.0. The van der Waals surface area contributed by atoms with Crippen LogP contribution in [0.1, 0.15) is 34.8 Å². The van der Waals surface area contributed by atoms with E-state index < -0.39 is 0 Å². The Kier molecular flexibility index (Phi) is 5.51. The van der Waals surface area contributed by atoms with Gasteiger partial charge >= 0.3 is 0 Å². The Morgan fingerprint density at radius 2 is 1.89 bits per heavy atom. The third-order valence-corrected chi connectivity index (χ3v) is 5.83. The number of amides is 1. The third-order valence-electron chi connectivity index (χ3n) is 4.45. The monoisotopic (exact) mass is 406 g/mol. The Bertz CT molecular complexity index is 1080. The van der Waals surface area contributed by atoms with Gasteiger partial charge in [-0.1, -0.05) is 60.6 Å². The van der Waals surface area contributed by atoms with Crippen LogP contribution >= 0.6 is 23.4 Å². The highest BCUT2D eigenvalue weighted by Crippen LogP contribution is 2.41. The smallest absolute Gasteiger partial charge is 0.251 e. The second-order valence-corrected chi connectivity index (χ2v) is 8.03. The number of rotatable bonds is 4. The van der Waals surface area contributed by atoms with Crippen molar-refractivity contribution in [1.82, 2.24) is 5.32 Å². The normalized spacial score (nSPS) is 12.4. The zero-order valence-electron chi connectivity index (χ0n) is 15.4. The van der Waals surface area contributed by atoms with Crippen molar-refractivity contribution in [3.63, 3.8) is 0 Å². The molecule has 0 unspecified atom stereocenters. The lowest BCUT2D eigenvalue weighted by Crippen LogP contribution is -2.23. The molecule has 1 amide bonds. The fourth-order valence-electron chi connectivity index (χ4n) is 3.08. The molecule has 0 radical (unpaired) electrons. The first kappa shape index (κ1) is 18.8. The number of nitrogens with zero attached hydrogens (tertiary/aromatic N) is 1. The lowest BCUT2D eigenvalue weighted by Gasteiger charge is -2.09. The van der Waals surface area contributed by atoms with Gasteiger partial charge in [-0.25, -0.2) is 4.99 Å². The molecular formula is C23H19ClN2OS. The van der Waals surface area contributed by atoms with Crippen molar-refractivity contribution >= 4 is 40.7 Å². The van der Waals surface area contributed by atoms with Crippen LogP contribution in [0.3, 0.4) is 0 Å². The molecule has 0 saturated heterocycles. The predicted molar refractivity (Wildman–Crippen MR) is 116 cm³/mol. The molecule has 0 spiro atoms. The summed E-state index contributed by atoms with van der Waals surface area (Å²) in [5, 5.41) is 3.60. The van der Waals surface area contributed by atoms with Crippen LogP contribution in [0, 0.1) is 0 Å².